The molecule has 0 amide bonds. The molecule has 2 rings (SSSR count). The van der Waals surface area contributed by atoms with E-state index in [1.54, 1.807) is 32.6 Å². The summed E-state index contributed by atoms with van der Waals surface area (Å²) in [6, 6.07) is 7.77. The second kappa shape index (κ2) is 9.61. The van der Waals surface area contributed by atoms with Crippen molar-refractivity contribution in [1.82, 2.24) is 5.32 Å². The van der Waals surface area contributed by atoms with E-state index in [4.69, 9.17) is 9.47 Å². The molecule has 0 aliphatic carbocycles. The second-order valence-corrected chi connectivity index (χ2v) is 5.65. The third-order valence-electron chi connectivity index (χ3n) is 3.25. The first-order valence-corrected chi connectivity index (χ1v) is 7.78. The van der Waals surface area contributed by atoms with Crippen LogP contribution < -0.4 is 20.1 Å². The number of hydrogen-bond donors (Lipinski definition) is 2. The molecule has 2 aromatic rings. The number of methoxy groups -OCH3 is 2. The number of guanidine groups is 1. The van der Waals surface area contributed by atoms with Crippen LogP contribution in [0.4, 0.5) is 5.69 Å². The van der Waals surface area contributed by atoms with Gasteiger partial charge < -0.3 is 20.1 Å². The zero-order valence-electron chi connectivity index (χ0n) is 13.7. The van der Waals surface area contributed by atoms with Crippen molar-refractivity contribution in [2.75, 3.05) is 26.6 Å². The fourth-order valence-corrected chi connectivity index (χ4v) is 2.82. The molecule has 5 nitrogen and oxygen atoms in total. The van der Waals surface area contributed by atoms with E-state index >= 15 is 0 Å². The number of nitrogens with zero attached hydrogens (tertiary/aromatic N) is 1. The Morgan fingerprint density at radius 3 is 2.48 bits per heavy atom. The number of anilines is 1. The molecule has 0 atom stereocenters. The molecule has 0 spiro atoms. The predicted molar refractivity (Wildman–Crippen MR) is 108 cm³/mol. The highest BCUT2D eigenvalue weighted by atomic mass is 127. The van der Waals surface area contributed by atoms with Crippen molar-refractivity contribution < 1.29 is 9.47 Å². The fraction of sp³-hybridized carbons (Fsp3) is 0.312. The number of halogens is 1. The summed E-state index contributed by atoms with van der Waals surface area (Å²) >= 11 is 1.74. The summed E-state index contributed by atoms with van der Waals surface area (Å²) in [6.45, 7) is 2.86. The highest BCUT2D eigenvalue weighted by Gasteiger charge is 2.07. The summed E-state index contributed by atoms with van der Waals surface area (Å²) in [6.07, 6.45) is 0. The summed E-state index contributed by atoms with van der Waals surface area (Å²) in [4.78, 5) is 5.54. The molecule has 0 aliphatic rings. The van der Waals surface area contributed by atoms with E-state index in [2.05, 4.69) is 34.0 Å². The Morgan fingerprint density at radius 2 is 1.91 bits per heavy atom. The number of nitrogens with one attached hydrogen (secondary N) is 2. The maximum atomic E-state index is 5.30. The normalized spacial score (nSPS) is 10.7. The van der Waals surface area contributed by atoms with Crippen LogP contribution in [0, 0.1) is 6.92 Å². The number of thiophene rings is 1. The highest BCUT2D eigenvalue weighted by molar-refractivity contribution is 14.0. The van der Waals surface area contributed by atoms with Gasteiger partial charge in [-0.05, 0) is 36.1 Å². The lowest BCUT2D eigenvalue weighted by atomic mass is 10.2. The molecule has 23 heavy (non-hydrogen) atoms. The molecule has 1 aromatic heterocycles. The Morgan fingerprint density at radius 1 is 1.17 bits per heavy atom. The first-order chi connectivity index (χ1) is 10.7. The zero-order chi connectivity index (χ0) is 15.9. The average Bonchev–Trinajstić information content (AvgIpc) is 2.96. The molecular weight excluding hydrogens is 425 g/mol. The largest absolute Gasteiger partial charge is 0.493 e. The van der Waals surface area contributed by atoms with Gasteiger partial charge in [0.1, 0.15) is 0 Å². The highest BCUT2D eigenvalue weighted by Crippen LogP contribution is 2.29. The first-order valence-electron chi connectivity index (χ1n) is 6.90. The van der Waals surface area contributed by atoms with Gasteiger partial charge in [0.15, 0.2) is 17.5 Å². The molecule has 0 fully saturated rings. The lowest BCUT2D eigenvalue weighted by Crippen LogP contribution is -2.30. The van der Waals surface area contributed by atoms with Gasteiger partial charge in [-0.3, -0.25) is 4.99 Å². The average molecular weight is 447 g/mol. The van der Waals surface area contributed by atoms with Gasteiger partial charge in [0.25, 0.3) is 0 Å². The fourth-order valence-electron chi connectivity index (χ4n) is 1.98. The van der Waals surface area contributed by atoms with Crippen molar-refractivity contribution in [3.63, 3.8) is 0 Å². The minimum absolute atomic E-state index is 0. The van der Waals surface area contributed by atoms with Crippen LogP contribution in [0.5, 0.6) is 11.5 Å². The maximum Gasteiger partial charge on any atom is 0.195 e. The van der Waals surface area contributed by atoms with Crippen LogP contribution in [0.2, 0.25) is 0 Å². The van der Waals surface area contributed by atoms with Crippen LogP contribution in [0.3, 0.4) is 0 Å². The molecule has 126 valence electrons. The van der Waals surface area contributed by atoms with Crippen LogP contribution in [0.15, 0.2) is 34.6 Å². The molecule has 0 saturated carbocycles. The standard InChI is InChI=1S/C16H21N3O2S.HI/c1-11-7-8-22-15(11)10-18-16(17-2)19-12-5-6-13(20-3)14(9-12)21-4;/h5-9H,10H2,1-4H3,(H2,17,18,19);1H. The van der Waals surface area contributed by atoms with Gasteiger partial charge in [0.05, 0.1) is 20.8 Å². The third-order valence-corrected chi connectivity index (χ3v) is 4.28. The smallest absolute Gasteiger partial charge is 0.195 e. The number of ether oxygens (including phenoxy) is 2. The molecule has 0 aliphatic heterocycles. The maximum absolute atomic E-state index is 5.30. The van der Waals surface area contributed by atoms with Gasteiger partial charge in [0.2, 0.25) is 0 Å². The van der Waals surface area contributed by atoms with Crippen molar-refractivity contribution in [3.05, 3.63) is 40.1 Å². The summed E-state index contributed by atoms with van der Waals surface area (Å²) in [5.41, 5.74) is 2.17. The van der Waals surface area contributed by atoms with E-state index in [1.165, 1.54) is 10.4 Å². The monoisotopic (exact) mass is 447 g/mol. The van der Waals surface area contributed by atoms with Crippen molar-refractivity contribution in [2.45, 2.75) is 13.5 Å². The van der Waals surface area contributed by atoms with Gasteiger partial charge in [-0.15, -0.1) is 35.3 Å². The van der Waals surface area contributed by atoms with Crippen LogP contribution >= 0.6 is 35.3 Å². The summed E-state index contributed by atoms with van der Waals surface area (Å²) < 4.78 is 10.5. The van der Waals surface area contributed by atoms with E-state index in [0.717, 1.165) is 12.2 Å². The quantitative estimate of drug-likeness (QED) is 0.415. The van der Waals surface area contributed by atoms with Crippen molar-refractivity contribution in [3.8, 4) is 11.5 Å². The Kier molecular flexibility index (Phi) is 8.18. The lowest BCUT2D eigenvalue weighted by molar-refractivity contribution is 0.355. The Balaban J connectivity index is 0.00000264. The number of benzene rings is 1. The molecule has 0 bridgehead atoms. The van der Waals surface area contributed by atoms with Crippen LogP contribution in [0.1, 0.15) is 10.4 Å². The summed E-state index contributed by atoms with van der Waals surface area (Å²) in [5, 5.41) is 8.64. The van der Waals surface area contributed by atoms with Gasteiger partial charge >= 0.3 is 0 Å². The van der Waals surface area contributed by atoms with Crippen molar-refractivity contribution in [1.29, 1.82) is 0 Å². The summed E-state index contributed by atoms with van der Waals surface area (Å²) in [7, 11) is 4.99. The Bertz CT molecular complexity index is 659. The van der Waals surface area contributed by atoms with Gasteiger partial charge in [-0.25, -0.2) is 0 Å². The second-order valence-electron chi connectivity index (χ2n) is 4.65. The third kappa shape index (κ3) is 5.28. The SMILES string of the molecule is CN=C(NCc1sccc1C)Nc1ccc(OC)c(OC)c1.I. The molecule has 0 radical (unpaired) electrons. The van der Waals surface area contributed by atoms with Gasteiger partial charge in [-0.2, -0.15) is 0 Å². The number of aliphatic imine (C=N–C) groups is 1. The van der Waals surface area contributed by atoms with Crippen LogP contribution in [-0.4, -0.2) is 27.2 Å². The molecule has 0 unspecified atom stereocenters. The number of hydrogen-bond acceptors (Lipinski definition) is 4. The minimum atomic E-state index is 0. The van der Waals surface area contributed by atoms with Crippen LogP contribution in [-0.2, 0) is 6.54 Å². The zero-order valence-corrected chi connectivity index (χ0v) is 16.8. The Hall–Kier alpha value is -1.48. The van der Waals surface area contributed by atoms with E-state index in [-0.39, 0.29) is 24.0 Å². The molecule has 1 aromatic carbocycles. The summed E-state index contributed by atoms with van der Waals surface area (Å²) in [5.74, 6) is 2.09. The molecule has 0 saturated heterocycles. The van der Waals surface area contributed by atoms with Crippen molar-refractivity contribution >= 4 is 47.0 Å². The number of rotatable bonds is 5. The van der Waals surface area contributed by atoms with Gasteiger partial charge in [-0.1, -0.05) is 0 Å². The van der Waals surface area contributed by atoms with E-state index in [0.29, 0.717) is 17.5 Å². The van der Waals surface area contributed by atoms with Gasteiger partial charge in [0, 0.05) is 23.7 Å². The van der Waals surface area contributed by atoms with Crippen molar-refractivity contribution in [2.24, 2.45) is 4.99 Å². The topological polar surface area (TPSA) is 54.9 Å². The molecular formula is C16H22IN3O2S. The van der Waals surface area contributed by atoms with Crippen LogP contribution in [0.25, 0.3) is 0 Å². The first kappa shape index (κ1) is 19.6. The van der Waals surface area contributed by atoms with E-state index < -0.39 is 0 Å². The Labute approximate surface area is 158 Å². The number of aryl methyl sites for hydroxylation is 1. The lowest BCUT2D eigenvalue weighted by Gasteiger charge is -2.14. The molecule has 1 heterocycles. The van der Waals surface area contributed by atoms with E-state index in [9.17, 15) is 0 Å². The predicted octanol–water partition coefficient (Wildman–Crippen LogP) is 3.88. The minimum Gasteiger partial charge on any atom is -0.493 e. The molecule has 2 N–H and O–H groups in total. The molecule has 7 heteroatoms. The van der Waals surface area contributed by atoms with E-state index in [1.807, 2.05) is 18.2 Å².